The van der Waals surface area contributed by atoms with Crippen molar-refractivity contribution in [1.82, 2.24) is 4.90 Å². The molecule has 0 aliphatic heterocycles. The molecule has 0 aliphatic rings. The summed E-state index contributed by atoms with van der Waals surface area (Å²) < 4.78 is 13.7. The summed E-state index contributed by atoms with van der Waals surface area (Å²) in [6, 6.07) is 9.81. The van der Waals surface area contributed by atoms with Crippen LogP contribution in [0.25, 0.3) is 0 Å². The van der Waals surface area contributed by atoms with E-state index in [0.717, 1.165) is 11.6 Å². The highest BCUT2D eigenvalue weighted by Gasteiger charge is 2.24. The first-order valence-electron chi connectivity index (χ1n) is 6.45. The van der Waals surface area contributed by atoms with Gasteiger partial charge in [0.2, 0.25) is 0 Å². The van der Waals surface area contributed by atoms with Crippen molar-refractivity contribution in [1.29, 1.82) is 0 Å². The van der Waals surface area contributed by atoms with Crippen LogP contribution < -0.4 is 0 Å². The maximum atomic E-state index is 13.7. The first-order chi connectivity index (χ1) is 9.91. The molecule has 0 spiro atoms. The van der Waals surface area contributed by atoms with Crippen molar-refractivity contribution in [3.05, 3.63) is 59.4 Å². The van der Waals surface area contributed by atoms with E-state index >= 15 is 0 Å². The summed E-state index contributed by atoms with van der Waals surface area (Å²) in [7, 11) is 1.53. The average Bonchev–Trinajstić information content (AvgIpc) is 2.46. The average molecular weight is 289 g/mol. The van der Waals surface area contributed by atoms with Gasteiger partial charge in [-0.1, -0.05) is 18.2 Å². The Kier molecular flexibility index (Phi) is 4.12. The van der Waals surface area contributed by atoms with Gasteiger partial charge >= 0.3 is 0 Å². The number of phenolic OH excluding ortho intramolecular Hbond substituents is 2. The Balaban J connectivity index is 2.28. The molecule has 2 N–H and O–H groups in total. The number of rotatable bonds is 3. The number of carbonyl (C=O) groups is 1. The van der Waals surface area contributed by atoms with Crippen LogP contribution in [0.15, 0.2) is 42.5 Å². The molecule has 0 saturated heterocycles. The highest BCUT2D eigenvalue weighted by Crippen LogP contribution is 2.26. The van der Waals surface area contributed by atoms with Crippen molar-refractivity contribution in [3.8, 4) is 11.5 Å². The smallest absolute Gasteiger partial charge is 0.260 e. The van der Waals surface area contributed by atoms with Gasteiger partial charge in [-0.3, -0.25) is 4.79 Å². The third-order valence-electron chi connectivity index (χ3n) is 3.48. The molecule has 0 aromatic heterocycles. The fraction of sp³-hybridized carbons (Fsp3) is 0.188. The fourth-order valence-electron chi connectivity index (χ4n) is 2.05. The molecule has 1 unspecified atom stereocenters. The van der Waals surface area contributed by atoms with E-state index in [0.29, 0.717) is 0 Å². The van der Waals surface area contributed by atoms with Gasteiger partial charge in [0.05, 0.1) is 6.04 Å². The van der Waals surface area contributed by atoms with Crippen LogP contribution in [-0.2, 0) is 0 Å². The predicted octanol–water partition coefficient (Wildman–Crippen LogP) is 3.07. The van der Waals surface area contributed by atoms with Gasteiger partial charge in [0.15, 0.2) is 0 Å². The normalized spacial score (nSPS) is 12.0. The lowest BCUT2D eigenvalue weighted by Gasteiger charge is -2.26. The minimum absolute atomic E-state index is 0.131. The molecule has 4 nitrogen and oxygen atoms in total. The van der Waals surface area contributed by atoms with Gasteiger partial charge in [0.25, 0.3) is 5.91 Å². The Bertz CT molecular complexity index is 635. The van der Waals surface area contributed by atoms with Crippen LogP contribution in [0, 0.1) is 5.82 Å². The van der Waals surface area contributed by atoms with Crippen molar-refractivity contribution >= 4 is 5.91 Å². The van der Waals surface area contributed by atoms with Gasteiger partial charge < -0.3 is 15.1 Å². The van der Waals surface area contributed by atoms with Gasteiger partial charge in [-0.2, -0.15) is 0 Å². The van der Waals surface area contributed by atoms with E-state index in [4.69, 9.17) is 0 Å². The number of phenols is 2. The molecule has 0 aliphatic carbocycles. The summed E-state index contributed by atoms with van der Waals surface area (Å²) in [4.78, 5) is 13.7. The van der Waals surface area contributed by atoms with E-state index in [-0.39, 0.29) is 23.1 Å². The van der Waals surface area contributed by atoms with Crippen molar-refractivity contribution in [2.24, 2.45) is 0 Å². The van der Waals surface area contributed by atoms with E-state index in [1.807, 2.05) is 0 Å². The molecule has 0 bridgehead atoms. The van der Waals surface area contributed by atoms with E-state index in [1.165, 1.54) is 36.2 Å². The minimum Gasteiger partial charge on any atom is -0.508 e. The summed E-state index contributed by atoms with van der Waals surface area (Å²) in [5.41, 5.74) is 0.449. The Labute approximate surface area is 122 Å². The zero-order valence-electron chi connectivity index (χ0n) is 11.7. The van der Waals surface area contributed by atoms with Crippen LogP contribution in [0.1, 0.15) is 28.9 Å². The van der Waals surface area contributed by atoms with Gasteiger partial charge in [-0.25, -0.2) is 4.39 Å². The molecule has 0 heterocycles. The molecule has 0 radical (unpaired) electrons. The number of hydrogen-bond donors (Lipinski definition) is 2. The summed E-state index contributed by atoms with van der Waals surface area (Å²) >= 11 is 0. The Morgan fingerprint density at radius 2 is 1.76 bits per heavy atom. The Morgan fingerprint density at radius 3 is 2.33 bits per heavy atom. The van der Waals surface area contributed by atoms with Gasteiger partial charge in [-0.15, -0.1) is 0 Å². The van der Waals surface area contributed by atoms with Crippen molar-refractivity contribution in [3.63, 3.8) is 0 Å². The largest absolute Gasteiger partial charge is 0.508 e. The minimum atomic E-state index is -0.759. The second kappa shape index (κ2) is 5.83. The molecule has 2 aromatic carbocycles. The third-order valence-corrected chi connectivity index (χ3v) is 3.48. The molecule has 0 fully saturated rings. The molecule has 110 valence electrons. The maximum absolute atomic E-state index is 13.7. The zero-order valence-corrected chi connectivity index (χ0v) is 11.7. The molecular weight excluding hydrogens is 273 g/mol. The van der Waals surface area contributed by atoms with Gasteiger partial charge in [0.1, 0.15) is 22.9 Å². The van der Waals surface area contributed by atoms with Crippen molar-refractivity contribution in [2.45, 2.75) is 13.0 Å². The zero-order chi connectivity index (χ0) is 15.6. The van der Waals surface area contributed by atoms with E-state index in [2.05, 4.69) is 0 Å². The number of nitrogens with zero attached hydrogens (tertiary/aromatic N) is 1. The highest BCUT2D eigenvalue weighted by atomic mass is 19.1. The Hall–Kier alpha value is -2.56. The summed E-state index contributed by atoms with van der Waals surface area (Å²) in [5.74, 6) is -1.62. The molecule has 1 amide bonds. The molecule has 5 heteroatoms. The van der Waals surface area contributed by atoms with Gasteiger partial charge in [-0.05, 0) is 36.8 Å². The molecule has 2 aromatic rings. The van der Waals surface area contributed by atoms with E-state index < -0.39 is 11.7 Å². The SMILES string of the molecule is CC(c1ccc(O)cc1)N(C)C(=O)c1c(O)cccc1F. The van der Waals surface area contributed by atoms with Crippen LogP contribution in [0.4, 0.5) is 4.39 Å². The number of aromatic hydroxyl groups is 2. The van der Waals surface area contributed by atoms with Crippen LogP contribution in [0.5, 0.6) is 11.5 Å². The standard InChI is InChI=1S/C16H16FNO3/c1-10(11-6-8-12(19)9-7-11)18(2)16(21)15-13(17)4-3-5-14(15)20/h3-10,19-20H,1-2H3. The summed E-state index contributed by atoms with van der Waals surface area (Å²) in [6.07, 6.45) is 0. The topological polar surface area (TPSA) is 60.8 Å². The van der Waals surface area contributed by atoms with Crippen LogP contribution in [0.3, 0.4) is 0 Å². The number of hydrogen-bond acceptors (Lipinski definition) is 3. The quantitative estimate of drug-likeness (QED) is 0.913. The second-order valence-corrected chi connectivity index (χ2v) is 4.82. The molecule has 1 atom stereocenters. The number of carbonyl (C=O) groups excluding carboxylic acids is 1. The van der Waals surface area contributed by atoms with Crippen molar-refractivity contribution in [2.75, 3.05) is 7.05 Å². The first kappa shape index (κ1) is 14.8. The predicted molar refractivity (Wildman–Crippen MR) is 76.7 cm³/mol. The first-order valence-corrected chi connectivity index (χ1v) is 6.45. The lowest BCUT2D eigenvalue weighted by Crippen LogP contribution is -2.30. The monoisotopic (exact) mass is 289 g/mol. The lowest BCUT2D eigenvalue weighted by atomic mass is 10.1. The van der Waals surface area contributed by atoms with Crippen LogP contribution in [0.2, 0.25) is 0 Å². The Morgan fingerprint density at radius 1 is 1.14 bits per heavy atom. The molecular formula is C16H16FNO3. The van der Waals surface area contributed by atoms with Crippen LogP contribution >= 0.6 is 0 Å². The van der Waals surface area contributed by atoms with Crippen LogP contribution in [-0.4, -0.2) is 28.1 Å². The maximum Gasteiger partial charge on any atom is 0.260 e. The number of halogens is 1. The summed E-state index contributed by atoms with van der Waals surface area (Å²) in [6.45, 7) is 1.78. The number of benzene rings is 2. The second-order valence-electron chi connectivity index (χ2n) is 4.82. The van der Waals surface area contributed by atoms with E-state index in [9.17, 15) is 19.4 Å². The molecule has 0 saturated carbocycles. The number of amides is 1. The lowest BCUT2D eigenvalue weighted by molar-refractivity contribution is 0.0734. The highest BCUT2D eigenvalue weighted by molar-refractivity contribution is 5.97. The van der Waals surface area contributed by atoms with E-state index in [1.54, 1.807) is 19.1 Å². The molecule has 2 rings (SSSR count). The van der Waals surface area contributed by atoms with Crippen molar-refractivity contribution < 1.29 is 19.4 Å². The summed E-state index contributed by atoms with van der Waals surface area (Å²) in [5, 5.41) is 19.0. The fourth-order valence-corrected chi connectivity index (χ4v) is 2.05. The van der Waals surface area contributed by atoms with Gasteiger partial charge in [0, 0.05) is 7.05 Å². The molecule has 21 heavy (non-hydrogen) atoms. The third kappa shape index (κ3) is 2.97.